The van der Waals surface area contributed by atoms with Crippen LogP contribution < -0.4 is 10.1 Å². The minimum absolute atomic E-state index is 0.132. The van der Waals surface area contributed by atoms with Gasteiger partial charge in [0, 0.05) is 26.7 Å². The molecule has 0 radical (unpaired) electrons. The summed E-state index contributed by atoms with van der Waals surface area (Å²) in [6.07, 6.45) is 1.92. The van der Waals surface area contributed by atoms with Gasteiger partial charge >= 0.3 is 0 Å². The highest BCUT2D eigenvalue weighted by Gasteiger charge is 2.13. The molecular weight excluding hydrogens is 288 g/mol. The molecule has 0 aliphatic carbocycles. The normalized spacial score (nSPS) is 13.4. The molecule has 0 bridgehead atoms. The van der Waals surface area contributed by atoms with Crippen molar-refractivity contribution in [2.75, 3.05) is 33.5 Å². The first-order valence-electron chi connectivity index (χ1n) is 7.11. The van der Waals surface area contributed by atoms with Crippen molar-refractivity contribution >= 4 is 10.0 Å². The van der Waals surface area contributed by atoms with Gasteiger partial charge in [-0.25, -0.2) is 12.7 Å². The van der Waals surface area contributed by atoms with Crippen LogP contribution in [0.3, 0.4) is 0 Å². The smallest absolute Gasteiger partial charge is 0.214 e. The van der Waals surface area contributed by atoms with Crippen molar-refractivity contribution in [1.82, 2.24) is 9.62 Å². The SMILES string of the molecule is COc1ccc(CCC(C)NCCS(=O)(=O)N(C)C)cc1. The van der Waals surface area contributed by atoms with E-state index in [2.05, 4.69) is 24.4 Å². The second-order valence-corrected chi connectivity index (χ2v) is 7.64. The predicted octanol–water partition coefficient (Wildman–Crippen LogP) is 1.50. The van der Waals surface area contributed by atoms with E-state index in [0.717, 1.165) is 18.6 Å². The van der Waals surface area contributed by atoms with Gasteiger partial charge in [-0.05, 0) is 37.5 Å². The number of sulfonamides is 1. The van der Waals surface area contributed by atoms with E-state index in [4.69, 9.17) is 4.74 Å². The van der Waals surface area contributed by atoms with Crippen molar-refractivity contribution in [3.63, 3.8) is 0 Å². The Morgan fingerprint density at radius 3 is 2.38 bits per heavy atom. The van der Waals surface area contributed by atoms with Gasteiger partial charge in [-0.15, -0.1) is 0 Å². The largest absolute Gasteiger partial charge is 0.497 e. The van der Waals surface area contributed by atoms with E-state index in [0.29, 0.717) is 6.54 Å². The van der Waals surface area contributed by atoms with Crippen LogP contribution in [-0.2, 0) is 16.4 Å². The molecule has 0 aromatic heterocycles. The summed E-state index contributed by atoms with van der Waals surface area (Å²) < 4.78 is 29.6. The first-order chi connectivity index (χ1) is 9.85. The van der Waals surface area contributed by atoms with Gasteiger partial charge in [0.15, 0.2) is 0 Å². The number of nitrogens with zero attached hydrogens (tertiary/aromatic N) is 1. The van der Waals surface area contributed by atoms with E-state index < -0.39 is 10.0 Å². The van der Waals surface area contributed by atoms with Gasteiger partial charge in [0.1, 0.15) is 5.75 Å². The highest BCUT2D eigenvalue weighted by Crippen LogP contribution is 2.13. The number of hydrogen-bond acceptors (Lipinski definition) is 4. The number of hydrogen-bond donors (Lipinski definition) is 1. The Balaban J connectivity index is 2.29. The van der Waals surface area contributed by atoms with Gasteiger partial charge in [0.05, 0.1) is 12.9 Å². The summed E-state index contributed by atoms with van der Waals surface area (Å²) in [5.74, 6) is 0.992. The Kier molecular flexibility index (Phi) is 7.14. The zero-order valence-electron chi connectivity index (χ0n) is 13.3. The Labute approximate surface area is 128 Å². The lowest BCUT2D eigenvalue weighted by Crippen LogP contribution is -2.35. The molecule has 1 N–H and O–H groups in total. The minimum Gasteiger partial charge on any atom is -0.497 e. The molecule has 120 valence electrons. The maximum atomic E-state index is 11.6. The molecule has 0 saturated heterocycles. The third-order valence-electron chi connectivity index (χ3n) is 3.43. The number of nitrogens with one attached hydrogen (secondary N) is 1. The van der Waals surface area contributed by atoms with E-state index in [1.807, 2.05) is 12.1 Å². The second kappa shape index (κ2) is 8.36. The summed E-state index contributed by atoms with van der Waals surface area (Å²) in [4.78, 5) is 0. The van der Waals surface area contributed by atoms with E-state index >= 15 is 0 Å². The maximum Gasteiger partial charge on any atom is 0.214 e. The van der Waals surface area contributed by atoms with Crippen molar-refractivity contribution in [1.29, 1.82) is 0 Å². The van der Waals surface area contributed by atoms with Crippen LogP contribution in [0, 0.1) is 0 Å². The summed E-state index contributed by atoms with van der Waals surface area (Å²) in [7, 11) is 1.66. The average molecular weight is 314 g/mol. The van der Waals surface area contributed by atoms with E-state index in [-0.39, 0.29) is 11.8 Å². The molecule has 21 heavy (non-hydrogen) atoms. The third-order valence-corrected chi connectivity index (χ3v) is 5.27. The van der Waals surface area contributed by atoms with Gasteiger partial charge in [-0.3, -0.25) is 0 Å². The summed E-state index contributed by atoms with van der Waals surface area (Å²) in [6.45, 7) is 2.55. The van der Waals surface area contributed by atoms with Gasteiger partial charge in [-0.2, -0.15) is 0 Å². The number of aryl methyl sites for hydroxylation is 1. The van der Waals surface area contributed by atoms with Gasteiger partial charge < -0.3 is 10.1 Å². The summed E-state index contributed by atoms with van der Waals surface area (Å²) >= 11 is 0. The second-order valence-electron chi connectivity index (χ2n) is 5.34. The monoisotopic (exact) mass is 314 g/mol. The molecule has 1 rings (SSSR count). The zero-order valence-corrected chi connectivity index (χ0v) is 14.1. The molecule has 0 spiro atoms. The highest BCUT2D eigenvalue weighted by molar-refractivity contribution is 7.89. The van der Waals surface area contributed by atoms with Crippen LogP contribution in [0.2, 0.25) is 0 Å². The molecular formula is C15H26N2O3S. The standard InChI is InChI=1S/C15H26N2O3S/c1-13(16-11-12-21(18,19)17(2)3)5-6-14-7-9-15(20-4)10-8-14/h7-10,13,16H,5-6,11-12H2,1-4H3. The molecule has 0 heterocycles. The lowest BCUT2D eigenvalue weighted by atomic mass is 10.1. The van der Waals surface area contributed by atoms with Crippen LogP contribution >= 0.6 is 0 Å². The molecule has 0 aliphatic heterocycles. The van der Waals surface area contributed by atoms with Crippen LogP contribution in [0.25, 0.3) is 0 Å². The number of methoxy groups -OCH3 is 1. The fourth-order valence-electron chi connectivity index (χ4n) is 1.89. The quantitative estimate of drug-likeness (QED) is 0.750. The number of benzene rings is 1. The van der Waals surface area contributed by atoms with E-state index in [1.54, 1.807) is 21.2 Å². The van der Waals surface area contributed by atoms with E-state index in [1.165, 1.54) is 9.87 Å². The van der Waals surface area contributed by atoms with E-state index in [9.17, 15) is 8.42 Å². The molecule has 1 aromatic carbocycles. The molecule has 1 atom stereocenters. The molecule has 0 amide bonds. The predicted molar refractivity (Wildman–Crippen MR) is 86.3 cm³/mol. The summed E-state index contributed by atoms with van der Waals surface area (Å²) in [6, 6.07) is 8.31. The summed E-state index contributed by atoms with van der Waals surface area (Å²) in [5, 5.41) is 3.26. The van der Waals surface area contributed by atoms with Crippen LogP contribution in [0.15, 0.2) is 24.3 Å². The van der Waals surface area contributed by atoms with Crippen LogP contribution in [0.1, 0.15) is 18.9 Å². The van der Waals surface area contributed by atoms with Gasteiger partial charge in [-0.1, -0.05) is 12.1 Å². The topological polar surface area (TPSA) is 58.6 Å². The lowest BCUT2D eigenvalue weighted by Gasteiger charge is -2.16. The first kappa shape index (κ1) is 17.9. The fourth-order valence-corrected chi connectivity index (χ4v) is 2.64. The van der Waals surface area contributed by atoms with Gasteiger partial charge in [0.25, 0.3) is 0 Å². The van der Waals surface area contributed by atoms with Crippen molar-refractivity contribution in [2.24, 2.45) is 0 Å². The number of ether oxygens (including phenoxy) is 1. The fraction of sp³-hybridized carbons (Fsp3) is 0.600. The molecule has 1 unspecified atom stereocenters. The van der Waals surface area contributed by atoms with Crippen molar-refractivity contribution in [3.05, 3.63) is 29.8 Å². The number of rotatable bonds is 9. The molecule has 6 heteroatoms. The van der Waals surface area contributed by atoms with Gasteiger partial charge in [0.2, 0.25) is 10.0 Å². The zero-order chi connectivity index (χ0) is 15.9. The van der Waals surface area contributed by atoms with Crippen molar-refractivity contribution in [2.45, 2.75) is 25.8 Å². The van der Waals surface area contributed by atoms with Crippen LogP contribution in [0.4, 0.5) is 0 Å². The maximum absolute atomic E-state index is 11.6. The Bertz CT molecular complexity index is 512. The molecule has 0 saturated carbocycles. The first-order valence-corrected chi connectivity index (χ1v) is 8.72. The Morgan fingerprint density at radius 2 is 1.86 bits per heavy atom. The van der Waals surface area contributed by atoms with Crippen LogP contribution in [-0.4, -0.2) is 52.3 Å². The molecule has 0 fully saturated rings. The van der Waals surface area contributed by atoms with Crippen LogP contribution in [0.5, 0.6) is 5.75 Å². The van der Waals surface area contributed by atoms with Crippen molar-refractivity contribution < 1.29 is 13.2 Å². The molecule has 0 aliphatic rings. The summed E-state index contributed by atoms with van der Waals surface area (Å²) in [5.41, 5.74) is 1.25. The third kappa shape index (κ3) is 6.46. The average Bonchev–Trinajstić information content (AvgIpc) is 2.45. The molecule has 5 nitrogen and oxygen atoms in total. The minimum atomic E-state index is -3.11. The molecule has 1 aromatic rings. The lowest BCUT2D eigenvalue weighted by molar-refractivity contribution is 0.414. The Hall–Kier alpha value is -1.11. The highest BCUT2D eigenvalue weighted by atomic mass is 32.2. The Morgan fingerprint density at radius 1 is 1.24 bits per heavy atom. The van der Waals surface area contributed by atoms with Crippen molar-refractivity contribution in [3.8, 4) is 5.75 Å².